The molecule has 98 valence electrons. The Kier molecular flexibility index (Phi) is 3.97. The number of amides is 1. The lowest BCUT2D eigenvalue weighted by Crippen LogP contribution is -2.34. The van der Waals surface area contributed by atoms with Gasteiger partial charge < -0.3 is 11.1 Å². The van der Waals surface area contributed by atoms with Crippen molar-refractivity contribution in [2.24, 2.45) is 11.7 Å². The van der Waals surface area contributed by atoms with Crippen LogP contribution in [0.4, 0.5) is 4.39 Å². The highest BCUT2D eigenvalue weighted by Gasteiger charge is 2.30. The van der Waals surface area contributed by atoms with Gasteiger partial charge in [-0.3, -0.25) is 4.79 Å². The lowest BCUT2D eigenvalue weighted by molar-refractivity contribution is -0.122. The first kappa shape index (κ1) is 13.0. The molecule has 18 heavy (non-hydrogen) atoms. The number of benzene rings is 1. The zero-order valence-corrected chi connectivity index (χ0v) is 10.5. The van der Waals surface area contributed by atoms with E-state index in [1.54, 1.807) is 12.1 Å². The fourth-order valence-corrected chi connectivity index (χ4v) is 2.06. The van der Waals surface area contributed by atoms with Gasteiger partial charge in [0.05, 0.1) is 6.04 Å². The monoisotopic (exact) mass is 250 g/mol. The van der Waals surface area contributed by atoms with Gasteiger partial charge in [0.1, 0.15) is 5.82 Å². The molecule has 2 atom stereocenters. The molecular formula is C14H19FN2O. The van der Waals surface area contributed by atoms with Gasteiger partial charge >= 0.3 is 0 Å². The Bertz CT molecular complexity index is 432. The van der Waals surface area contributed by atoms with Crippen LogP contribution in [0.25, 0.3) is 0 Å². The van der Waals surface area contributed by atoms with Crippen LogP contribution in [0.1, 0.15) is 37.8 Å². The zero-order valence-electron chi connectivity index (χ0n) is 10.5. The summed E-state index contributed by atoms with van der Waals surface area (Å²) in [6.07, 6.45) is 2.62. The van der Waals surface area contributed by atoms with E-state index in [0.29, 0.717) is 12.3 Å². The fourth-order valence-electron chi connectivity index (χ4n) is 2.06. The van der Waals surface area contributed by atoms with Crippen LogP contribution in [0, 0.1) is 11.7 Å². The molecule has 1 saturated carbocycles. The van der Waals surface area contributed by atoms with Gasteiger partial charge in [0.25, 0.3) is 0 Å². The van der Waals surface area contributed by atoms with Crippen LogP contribution >= 0.6 is 0 Å². The molecule has 0 heterocycles. The minimum absolute atomic E-state index is 0.0373. The smallest absolute Gasteiger partial charge is 0.222 e. The summed E-state index contributed by atoms with van der Waals surface area (Å²) in [5.41, 5.74) is 6.66. The minimum Gasteiger partial charge on any atom is -0.350 e. The van der Waals surface area contributed by atoms with Crippen molar-refractivity contribution in [1.82, 2.24) is 5.32 Å². The lowest BCUT2D eigenvalue weighted by atomic mass is 10.1. The summed E-state index contributed by atoms with van der Waals surface area (Å²) in [7, 11) is 0. The Morgan fingerprint density at radius 3 is 2.89 bits per heavy atom. The molecule has 3 nitrogen and oxygen atoms in total. The summed E-state index contributed by atoms with van der Waals surface area (Å²) in [6, 6.07) is 6.04. The van der Waals surface area contributed by atoms with Crippen LogP contribution in [0.2, 0.25) is 0 Å². The summed E-state index contributed by atoms with van der Waals surface area (Å²) in [6.45, 7) is 1.84. The Labute approximate surface area is 107 Å². The van der Waals surface area contributed by atoms with E-state index in [-0.39, 0.29) is 23.8 Å². The molecule has 2 rings (SSSR count). The van der Waals surface area contributed by atoms with Crippen LogP contribution in [0.3, 0.4) is 0 Å². The summed E-state index contributed by atoms with van der Waals surface area (Å²) in [5.74, 6) is 0.162. The van der Waals surface area contributed by atoms with Crippen molar-refractivity contribution in [3.05, 3.63) is 35.6 Å². The predicted molar refractivity (Wildman–Crippen MR) is 68.3 cm³/mol. The number of nitrogens with one attached hydrogen (secondary N) is 1. The highest BCUT2D eigenvalue weighted by molar-refractivity contribution is 5.77. The van der Waals surface area contributed by atoms with Crippen molar-refractivity contribution in [3.63, 3.8) is 0 Å². The van der Waals surface area contributed by atoms with E-state index in [4.69, 9.17) is 5.73 Å². The minimum atomic E-state index is -0.289. The average molecular weight is 250 g/mol. The Hall–Kier alpha value is -1.42. The second kappa shape index (κ2) is 5.48. The van der Waals surface area contributed by atoms with Crippen molar-refractivity contribution >= 4 is 5.91 Å². The van der Waals surface area contributed by atoms with Gasteiger partial charge in [0, 0.05) is 12.5 Å². The molecule has 4 heteroatoms. The second-order valence-electron chi connectivity index (χ2n) is 5.05. The van der Waals surface area contributed by atoms with Gasteiger partial charge in [0.2, 0.25) is 5.91 Å². The lowest BCUT2D eigenvalue weighted by Gasteiger charge is -2.16. The van der Waals surface area contributed by atoms with E-state index in [1.165, 1.54) is 12.1 Å². The molecule has 0 aliphatic heterocycles. The first-order valence-corrected chi connectivity index (χ1v) is 6.36. The molecule has 0 aromatic heterocycles. The molecule has 1 amide bonds. The van der Waals surface area contributed by atoms with Gasteiger partial charge in [-0.05, 0) is 43.4 Å². The maximum atomic E-state index is 13.1. The second-order valence-corrected chi connectivity index (χ2v) is 5.05. The molecule has 1 aliphatic rings. The zero-order chi connectivity index (χ0) is 13.1. The third-order valence-corrected chi connectivity index (χ3v) is 3.37. The maximum absolute atomic E-state index is 13.1. The molecule has 0 saturated heterocycles. The van der Waals surface area contributed by atoms with Crippen molar-refractivity contribution in [2.75, 3.05) is 0 Å². The molecule has 1 fully saturated rings. The van der Waals surface area contributed by atoms with Crippen molar-refractivity contribution in [2.45, 2.75) is 38.3 Å². The predicted octanol–water partition coefficient (Wildman–Crippen LogP) is 2.13. The Morgan fingerprint density at radius 2 is 2.28 bits per heavy atom. The summed E-state index contributed by atoms with van der Waals surface area (Å²) in [5, 5.41) is 2.85. The molecular weight excluding hydrogens is 231 g/mol. The van der Waals surface area contributed by atoms with Gasteiger partial charge in [-0.1, -0.05) is 12.1 Å². The van der Waals surface area contributed by atoms with E-state index in [2.05, 4.69) is 5.32 Å². The van der Waals surface area contributed by atoms with Crippen LogP contribution < -0.4 is 11.1 Å². The van der Waals surface area contributed by atoms with Gasteiger partial charge in [0.15, 0.2) is 0 Å². The van der Waals surface area contributed by atoms with Crippen LogP contribution in [0.15, 0.2) is 24.3 Å². The van der Waals surface area contributed by atoms with Crippen molar-refractivity contribution in [3.8, 4) is 0 Å². The van der Waals surface area contributed by atoms with Gasteiger partial charge in [-0.2, -0.15) is 0 Å². The number of nitrogens with two attached hydrogens (primary N) is 1. The number of halogens is 1. The fraction of sp³-hybridized carbons (Fsp3) is 0.500. The molecule has 1 aromatic carbocycles. The van der Waals surface area contributed by atoms with Crippen LogP contribution in [-0.2, 0) is 4.79 Å². The number of carbonyl (C=O) groups is 1. The van der Waals surface area contributed by atoms with Gasteiger partial charge in [-0.15, -0.1) is 0 Å². The third-order valence-electron chi connectivity index (χ3n) is 3.37. The number of hydrogen-bond donors (Lipinski definition) is 2. The molecule has 1 aromatic rings. The molecule has 1 unspecified atom stereocenters. The topological polar surface area (TPSA) is 55.1 Å². The maximum Gasteiger partial charge on any atom is 0.222 e. The Morgan fingerprint density at radius 1 is 1.56 bits per heavy atom. The van der Waals surface area contributed by atoms with Crippen molar-refractivity contribution in [1.29, 1.82) is 0 Å². The highest BCUT2D eigenvalue weighted by Crippen LogP contribution is 2.32. The van der Waals surface area contributed by atoms with E-state index in [0.717, 1.165) is 18.4 Å². The van der Waals surface area contributed by atoms with E-state index in [1.807, 2.05) is 6.92 Å². The molecule has 3 N–H and O–H groups in total. The first-order chi connectivity index (χ1) is 8.56. The molecule has 0 spiro atoms. The van der Waals surface area contributed by atoms with Crippen molar-refractivity contribution < 1.29 is 9.18 Å². The Balaban J connectivity index is 1.86. The van der Waals surface area contributed by atoms with Gasteiger partial charge in [-0.25, -0.2) is 4.39 Å². The largest absolute Gasteiger partial charge is 0.350 e. The van der Waals surface area contributed by atoms with Crippen LogP contribution in [0.5, 0.6) is 0 Å². The quantitative estimate of drug-likeness (QED) is 0.841. The summed E-state index contributed by atoms with van der Waals surface area (Å²) in [4.78, 5) is 11.8. The van der Waals surface area contributed by atoms with Crippen LogP contribution in [-0.4, -0.2) is 11.9 Å². The number of rotatable bonds is 5. The SMILES string of the molecule is C[C@@H](NC(=O)CC(N)C1CC1)c1cccc(F)c1. The third kappa shape index (κ3) is 3.53. The average Bonchev–Trinajstić information content (AvgIpc) is 3.12. The molecule has 1 aliphatic carbocycles. The van der Waals surface area contributed by atoms with E-state index < -0.39 is 0 Å². The van der Waals surface area contributed by atoms with E-state index in [9.17, 15) is 9.18 Å². The normalized spacial score (nSPS) is 18.2. The highest BCUT2D eigenvalue weighted by atomic mass is 19.1. The standard InChI is InChI=1S/C14H19FN2O/c1-9(11-3-2-4-12(15)7-11)17-14(18)8-13(16)10-5-6-10/h2-4,7,9-10,13H,5-6,8,16H2,1H3,(H,17,18)/t9-,13?/m1/s1. The first-order valence-electron chi connectivity index (χ1n) is 6.36. The number of carbonyl (C=O) groups excluding carboxylic acids is 1. The molecule has 0 bridgehead atoms. The summed E-state index contributed by atoms with van der Waals surface area (Å²) >= 11 is 0. The molecule has 0 radical (unpaired) electrons. The summed E-state index contributed by atoms with van der Waals surface area (Å²) < 4.78 is 13.1. The van der Waals surface area contributed by atoms with E-state index >= 15 is 0 Å². The number of hydrogen-bond acceptors (Lipinski definition) is 2.